The zero-order valence-corrected chi connectivity index (χ0v) is 13.9. The largest absolute Gasteiger partial charge is 0.313 e. The molecule has 0 saturated heterocycles. The number of nitrogens with one attached hydrogen (secondary N) is 1. The van der Waals surface area contributed by atoms with Crippen LogP contribution in [-0.2, 0) is 0 Å². The van der Waals surface area contributed by atoms with Gasteiger partial charge in [-0.05, 0) is 59.3 Å². The maximum absolute atomic E-state index is 14.2. The van der Waals surface area contributed by atoms with Crippen molar-refractivity contribution in [3.05, 3.63) is 33.8 Å². The Labute approximate surface area is 128 Å². The van der Waals surface area contributed by atoms with Gasteiger partial charge < -0.3 is 5.32 Å². The van der Waals surface area contributed by atoms with Crippen LogP contribution >= 0.6 is 15.9 Å². The first kappa shape index (κ1) is 15.9. The third kappa shape index (κ3) is 3.06. The van der Waals surface area contributed by atoms with E-state index in [2.05, 4.69) is 35.1 Å². The average molecular weight is 346 g/mol. The van der Waals surface area contributed by atoms with Gasteiger partial charge in [-0.1, -0.05) is 26.7 Å². The van der Waals surface area contributed by atoms with E-state index >= 15 is 0 Å². The monoisotopic (exact) mass is 345 g/mol. The van der Waals surface area contributed by atoms with E-state index in [0.29, 0.717) is 11.5 Å². The lowest BCUT2D eigenvalue weighted by atomic mass is 9.65. The van der Waals surface area contributed by atoms with E-state index in [-0.39, 0.29) is 21.7 Å². The fraction of sp³-hybridized carbons (Fsp3) is 0.625. The summed E-state index contributed by atoms with van der Waals surface area (Å²) in [6.45, 7) is 4.46. The Bertz CT molecular complexity index is 488. The molecule has 112 valence electrons. The van der Waals surface area contributed by atoms with Crippen LogP contribution in [0.2, 0.25) is 0 Å². The Morgan fingerprint density at radius 1 is 1.25 bits per heavy atom. The van der Waals surface area contributed by atoms with Crippen LogP contribution in [0.4, 0.5) is 8.78 Å². The molecule has 0 heterocycles. The van der Waals surface area contributed by atoms with Crippen LogP contribution in [0, 0.1) is 23.0 Å². The first-order chi connectivity index (χ1) is 9.36. The number of halogens is 3. The molecule has 1 saturated carbocycles. The minimum absolute atomic E-state index is 0.141. The van der Waals surface area contributed by atoms with Crippen molar-refractivity contribution in [3.8, 4) is 0 Å². The molecule has 2 rings (SSSR count). The van der Waals surface area contributed by atoms with E-state index in [0.717, 1.165) is 19.3 Å². The molecule has 2 unspecified atom stereocenters. The van der Waals surface area contributed by atoms with Crippen LogP contribution in [0.5, 0.6) is 0 Å². The average Bonchev–Trinajstić information content (AvgIpc) is 2.37. The SMILES string of the molecule is CNC(c1cc(F)c(Br)cc1F)C1CCCCC1(C)C. The highest BCUT2D eigenvalue weighted by Crippen LogP contribution is 2.47. The van der Waals surface area contributed by atoms with E-state index in [9.17, 15) is 8.78 Å². The summed E-state index contributed by atoms with van der Waals surface area (Å²) in [6, 6.07) is 2.41. The van der Waals surface area contributed by atoms with Crippen LogP contribution in [0.1, 0.15) is 51.1 Å². The van der Waals surface area contributed by atoms with Gasteiger partial charge in [-0.15, -0.1) is 0 Å². The molecule has 2 atom stereocenters. The Morgan fingerprint density at radius 3 is 2.55 bits per heavy atom. The number of hydrogen-bond acceptors (Lipinski definition) is 1. The summed E-state index contributed by atoms with van der Waals surface area (Å²) in [5.74, 6) is -0.439. The van der Waals surface area contributed by atoms with E-state index in [4.69, 9.17) is 0 Å². The Kier molecular flexibility index (Phi) is 4.85. The fourth-order valence-corrected chi connectivity index (χ4v) is 3.80. The molecule has 4 heteroatoms. The molecule has 1 N–H and O–H groups in total. The van der Waals surface area contributed by atoms with E-state index in [1.165, 1.54) is 18.6 Å². The van der Waals surface area contributed by atoms with Crippen LogP contribution in [-0.4, -0.2) is 7.05 Å². The minimum Gasteiger partial charge on any atom is -0.313 e. The third-order valence-electron chi connectivity index (χ3n) is 4.68. The Morgan fingerprint density at radius 2 is 1.95 bits per heavy atom. The predicted molar refractivity (Wildman–Crippen MR) is 81.6 cm³/mol. The molecule has 1 aromatic carbocycles. The van der Waals surface area contributed by atoms with Crippen molar-refractivity contribution < 1.29 is 8.78 Å². The number of hydrogen-bond donors (Lipinski definition) is 1. The van der Waals surface area contributed by atoms with Crippen molar-refractivity contribution in [2.75, 3.05) is 7.05 Å². The normalized spacial score (nSPS) is 23.6. The van der Waals surface area contributed by atoms with E-state index < -0.39 is 5.82 Å². The Hall–Kier alpha value is -0.480. The summed E-state index contributed by atoms with van der Waals surface area (Å²) in [5, 5.41) is 3.21. The summed E-state index contributed by atoms with van der Waals surface area (Å²) in [5.41, 5.74) is 0.579. The predicted octanol–water partition coefficient (Wildman–Crippen LogP) is 5.20. The molecular formula is C16H22BrF2N. The minimum atomic E-state index is -0.407. The molecule has 0 aromatic heterocycles. The van der Waals surface area contributed by atoms with Gasteiger partial charge >= 0.3 is 0 Å². The lowest BCUT2D eigenvalue weighted by molar-refractivity contribution is 0.0997. The summed E-state index contributed by atoms with van der Waals surface area (Å²) < 4.78 is 28.2. The first-order valence-electron chi connectivity index (χ1n) is 7.18. The van der Waals surface area contributed by atoms with Gasteiger partial charge in [0.2, 0.25) is 0 Å². The molecule has 1 aliphatic rings. The van der Waals surface area contributed by atoms with Crippen molar-refractivity contribution in [2.45, 2.75) is 45.6 Å². The number of benzene rings is 1. The molecule has 0 amide bonds. The van der Waals surface area contributed by atoms with Crippen molar-refractivity contribution >= 4 is 15.9 Å². The summed E-state index contributed by atoms with van der Waals surface area (Å²) >= 11 is 3.03. The van der Waals surface area contributed by atoms with Crippen molar-refractivity contribution in [3.63, 3.8) is 0 Å². The van der Waals surface area contributed by atoms with Crippen LogP contribution in [0.15, 0.2) is 16.6 Å². The van der Waals surface area contributed by atoms with Crippen molar-refractivity contribution in [1.29, 1.82) is 0 Å². The standard InChI is InChI=1S/C16H22BrF2N/c1-16(2)7-5-4-6-11(16)15(20-3)10-8-14(19)12(17)9-13(10)18/h8-9,11,15,20H,4-7H2,1-3H3. The zero-order chi connectivity index (χ0) is 14.9. The van der Waals surface area contributed by atoms with Crippen molar-refractivity contribution in [1.82, 2.24) is 5.32 Å². The highest BCUT2D eigenvalue weighted by Gasteiger charge is 2.38. The molecule has 0 radical (unpaired) electrons. The second-order valence-corrected chi connectivity index (χ2v) is 7.25. The molecule has 0 bridgehead atoms. The van der Waals surface area contributed by atoms with Gasteiger partial charge in [0.1, 0.15) is 11.6 Å². The quantitative estimate of drug-likeness (QED) is 0.742. The van der Waals surface area contributed by atoms with Crippen molar-refractivity contribution in [2.24, 2.45) is 11.3 Å². The maximum atomic E-state index is 14.2. The Balaban J connectivity index is 2.39. The van der Waals surface area contributed by atoms with Crippen LogP contribution in [0.3, 0.4) is 0 Å². The molecule has 1 aromatic rings. The van der Waals surface area contributed by atoms with Gasteiger partial charge in [-0.2, -0.15) is 0 Å². The van der Waals surface area contributed by atoms with Gasteiger partial charge in [-0.25, -0.2) is 8.78 Å². The zero-order valence-electron chi connectivity index (χ0n) is 12.3. The fourth-order valence-electron chi connectivity index (χ4n) is 3.49. The molecule has 0 spiro atoms. The summed E-state index contributed by atoms with van der Waals surface area (Å²) in [4.78, 5) is 0. The molecule has 20 heavy (non-hydrogen) atoms. The van der Waals surface area contributed by atoms with Gasteiger partial charge in [0.05, 0.1) is 4.47 Å². The summed E-state index contributed by atoms with van der Waals surface area (Å²) in [7, 11) is 1.83. The van der Waals surface area contributed by atoms with Crippen LogP contribution < -0.4 is 5.32 Å². The lowest BCUT2D eigenvalue weighted by Crippen LogP contribution is -2.38. The molecular weight excluding hydrogens is 324 g/mol. The topological polar surface area (TPSA) is 12.0 Å². The number of rotatable bonds is 3. The van der Waals surface area contributed by atoms with Gasteiger partial charge in [0.15, 0.2) is 0 Å². The lowest BCUT2D eigenvalue weighted by Gasteiger charge is -2.43. The smallest absolute Gasteiger partial charge is 0.137 e. The van der Waals surface area contributed by atoms with E-state index in [1.54, 1.807) is 0 Å². The third-order valence-corrected chi connectivity index (χ3v) is 5.29. The van der Waals surface area contributed by atoms with Gasteiger partial charge in [0.25, 0.3) is 0 Å². The second kappa shape index (κ2) is 6.10. The molecule has 0 aliphatic heterocycles. The molecule has 1 nitrogen and oxygen atoms in total. The summed E-state index contributed by atoms with van der Waals surface area (Å²) in [6.07, 6.45) is 4.57. The second-order valence-electron chi connectivity index (χ2n) is 6.40. The van der Waals surface area contributed by atoms with Gasteiger partial charge in [-0.3, -0.25) is 0 Å². The van der Waals surface area contributed by atoms with Gasteiger partial charge in [0, 0.05) is 11.6 Å². The molecule has 1 aliphatic carbocycles. The molecule has 1 fully saturated rings. The van der Waals surface area contributed by atoms with Crippen LogP contribution in [0.25, 0.3) is 0 Å². The highest BCUT2D eigenvalue weighted by atomic mass is 79.9. The highest BCUT2D eigenvalue weighted by molar-refractivity contribution is 9.10. The maximum Gasteiger partial charge on any atom is 0.137 e. The first-order valence-corrected chi connectivity index (χ1v) is 7.98. The van der Waals surface area contributed by atoms with E-state index in [1.807, 2.05) is 7.05 Å².